The van der Waals surface area contributed by atoms with E-state index in [1.165, 1.54) is 37.6 Å². The van der Waals surface area contributed by atoms with Crippen LogP contribution in [0.3, 0.4) is 0 Å². The molecule has 2 heterocycles. The minimum atomic E-state index is -0.670. The third-order valence-electron chi connectivity index (χ3n) is 6.62. The molecule has 214 valence electrons. The first-order valence-corrected chi connectivity index (χ1v) is 13.2. The van der Waals surface area contributed by atoms with E-state index in [2.05, 4.69) is 10.1 Å². The highest BCUT2D eigenvalue weighted by Gasteiger charge is 2.22. The summed E-state index contributed by atoms with van der Waals surface area (Å²) in [6.45, 7) is -0.306. The molecule has 0 bridgehead atoms. The van der Waals surface area contributed by atoms with Gasteiger partial charge in [-0.1, -0.05) is 48.0 Å². The van der Waals surface area contributed by atoms with E-state index >= 15 is 0 Å². The van der Waals surface area contributed by atoms with Crippen LogP contribution in [-0.2, 0) is 6.61 Å². The number of hydrogen-bond donors (Lipinski definition) is 0. The smallest absolute Gasteiger partial charge is 0.313 e. The first-order chi connectivity index (χ1) is 20.8. The van der Waals surface area contributed by atoms with Gasteiger partial charge in [-0.2, -0.15) is 9.78 Å². The van der Waals surface area contributed by atoms with Gasteiger partial charge in [-0.15, -0.1) is 0 Å². The average molecular weight is 599 g/mol. The van der Waals surface area contributed by atoms with Gasteiger partial charge in [-0.25, -0.2) is 9.37 Å². The maximum Gasteiger partial charge on any atom is 0.313 e. The largest absolute Gasteiger partial charge is 0.496 e. The van der Waals surface area contributed by atoms with E-state index in [1.807, 2.05) is 0 Å². The summed E-state index contributed by atoms with van der Waals surface area (Å²) in [4.78, 5) is 29.6. The average Bonchev–Trinajstić information content (AvgIpc) is 3.45. The zero-order valence-electron chi connectivity index (χ0n) is 22.4. The molecule has 43 heavy (non-hydrogen) atoms. The fourth-order valence-corrected chi connectivity index (χ4v) is 4.81. The zero-order valence-corrected chi connectivity index (χ0v) is 23.1. The molecule has 0 atom stereocenters. The second-order valence-electron chi connectivity index (χ2n) is 9.28. The predicted molar refractivity (Wildman–Crippen MR) is 160 cm³/mol. The van der Waals surface area contributed by atoms with Crippen molar-refractivity contribution >= 4 is 45.4 Å². The quantitative estimate of drug-likeness (QED) is 0.105. The lowest BCUT2D eigenvalue weighted by molar-refractivity contribution is -0.385. The number of para-hydroxylation sites is 1. The van der Waals surface area contributed by atoms with Gasteiger partial charge in [0.05, 0.1) is 34.5 Å². The minimum Gasteiger partial charge on any atom is -0.496 e. The Hall–Kier alpha value is -5.55. The lowest BCUT2D eigenvalue weighted by atomic mass is 10.1. The van der Waals surface area contributed by atoms with Gasteiger partial charge in [-0.05, 0) is 42.5 Å². The van der Waals surface area contributed by atoms with E-state index in [9.17, 15) is 19.3 Å². The van der Waals surface area contributed by atoms with E-state index in [1.54, 1.807) is 54.6 Å². The van der Waals surface area contributed by atoms with Crippen LogP contribution in [0.25, 0.3) is 33.5 Å². The first kappa shape index (κ1) is 27.6. The third kappa shape index (κ3) is 5.29. The molecule has 6 aromatic rings. The van der Waals surface area contributed by atoms with Crippen molar-refractivity contribution in [2.75, 3.05) is 7.11 Å². The summed E-state index contributed by atoms with van der Waals surface area (Å²) in [5, 5.41) is 17.3. The number of ether oxygens (including phenoxy) is 2. The lowest BCUT2D eigenvalue weighted by Gasteiger charge is -2.11. The van der Waals surface area contributed by atoms with E-state index in [4.69, 9.17) is 25.5 Å². The summed E-state index contributed by atoms with van der Waals surface area (Å²) in [5.74, 6) is 0.123. The van der Waals surface area contributed by atoms with Crippen molar-refractivity contribution in [1.82, 2.24) is 9.66 Å². The molecule has 0 unspecified atom stereocenters. The normalized spacial score (nSPS) is 11.4. The van der Waals surface area contributed by atoms with Crippen LogP contribution in [0.1, 0.15) is 11.1 Å². The number of furan rings is 1. The molecular formula is C31H20ClFN4O6. The fraction of sp³-hybridized carbons (Fsp3) is 0.0645. The van der Waals surface area contributed by atoms with Crippen molar-refractivity contribution in [3.8, 4) is 23.1 Å². The van der Waals surface area contributed by atoms with Crippen molar-refractivity contribution in [1.29, 1.82) is 0 Å². The van der Waals surface area contributed by atoms with Crippen LogP contribution >= 0.6 is 11.6 Å². The second-order valence-corrected chi connectivity index (χ2v) is 9.71. The Morgan fingerprint density at radius 1 is 1.07 bits per heavy atom. The second kappa shape index (κ2) is 11.4. The summed E-state index contributed by atoms with van der Waals surface area (Å²) in [5.41, 5.74) is 0.198. The molecular weight excluding hydrogens is 579 g/mol. The predicted octanol–water partition coefficient (Wildman–Crippen LogP) is 6.98. The van der Waals surface area contributed by atoms with Crippen molar-refractivity contribution in [2.45, 2.75) is 6.61 Å². The number of rotatable bonds is 8. The summed E-state index contributed by atoms with van der Waals surface area (Å²) >= 11 is 6.21. The Morgan fingerprint density at radius 3 is 2.65 bits per heavy atom. The number of halogens is 2. The maximum absolute atomic E-state index is 14.3. The van der Waals surface area contributed by atoms with E-state index in [0.717, 1.165) is 10.7 Å². The number of aromatic nitrogens is 2. The molecule has 12 heteroatoms. The molecule has 0 aliphatic carbocycles. The van der Waals surface area contributed by atoms with Crippen molar-refractivity contribution in [3.05, 3.63) is 127 Å². The fourth-order valence-electron chi connectivity index (χ4n) is 4.59. The summed E-state index contributed by atoms with van der Waals surface area (Å²) in [6, 6.07) is 22.1. The monoisotopic (exact) mass is 598 g/mol. The Labute approximate surface area is 247 Å². The van der Waals surface area contributed by atoms with Gasteiger partial charge in [0.2, 0.25) is 11.6 Å². The number of nitro groups is 1. The standard InChI is InChI=1S/C31H20ClFN4O6/c1-41-26-11-6-12-27-22(26)15-28(43-27)30-35-24-10-5-3-8-21(24)31(38)36(30)34-16-19-13-20(32)14-25(37(39)40)29(19)42-17-18-7-2-4-9-23(18)33/h2-16H,17H2,1H3. The van der Waals surface area contributed by atoms with Crippen LogP contribution in [-0.4, -0.2) is 27.9 Å². The zero-order chi connectivity index (χ0) is 30.1. The summed E-state index contributed by atoms with van der Waals surface area (Å²) in [6.07, 6.45) is 1.19. The molecule has 0 amide bonds. The first-order valence-electron chi connectivity index (χ1n) is 12.8. The van der Waals surface area contributed by atoms with Gasteiger partial charge >= 0.3 is 5.69 Å². The van der Waals surface area contributed by atoms with Gasteiger partial charge in [0.15, 0.2) is 5.76 Å². The topological polar surface area (TPSA) is 122 Å². The highest BCUT2D eigenvalue weighted by atomic mass is 35.5. The minimum absolute atomic E-state index is 0.0278. The number of methoxy groups -OCH3 is 1. The molecule has 0 saturated carbocycles. The van der Waals surface area contributed by atoms with Crippen LogP contribution in [0.15, 0.2) is 99.2 Å². The number of nitrogens with zero attached hydrogens (tertiary/aromatic N) is 4. The molecule has 0 radical (unpaired) electrons. The van der Waals surface area contributed by atoms with Crippen LogP contribution < -0.4 is 15.0 Å². The Bertz CT molecular complexity index is 2120. The van der Waals surface area contributed by atoms with Crippen molar-refractivity contribution in [3.63, 3.8) is 0 Å². The Balaban J connectivity index is 1.51. The maximum atomic E-state index is 14.3. The number of nitro benzene ring substituents is 1. The highest BCUT2D eigenvalue weighted by molar-refractivity contribution is 6.31. The van der Waals surface area contributed by atoms with E-state index in [0.29, 0.717) is 22.2 Å². The van der Waals surface area contributed by atoms with Crippen LogP contribution in [0.5, 0.6) is 11.5 Å². The molecule has 0 saturated heterocycles. The molecule has 0 N–H and O–H groups in total. The number of fused-ring (bicyclic) bond motifs is 2. The van der Waals surface area contributed by atoms with Crippen molar-refractivity contribution < 1.29 is 23.2 Å². The van der Waals surface area contributed by atoms with Gasteiger partial charge in [0.1, 0.15) is 23.8 Å². The molecule has 0 spiro atoms. The summed E-state index contributed by atoms with van der Waals surface area (Å²) < 4.78 is 32.5. The lowest BCUT2D eigenvalue weighted by Crippen LogP contribution is -2.20. The highest BCUT2D eigenvalue weighted by Crippen LogP contribution is 2.35. The van der Waals surface area contributed by atoms with Gasteiger partial charge < -0.3 is 13.9 Å². The molecule has 2 aromatic heterocycles. The van der Waals surface area contributed by atoms with Crippen LogP contribution in [0.4, 0.5) is 10.1 Å². The molecule has 4 aromatic carbocycles. The van der Waals surface area contributed by atoms with Crippen molar-refractivity contribution in [2.24, 2.45) is 5.10 Å². The van der Waals surface area contributed by atoms with E-state index < -0.39 is 22.0 Å². The third-order valence-corrected chi connectivity index (χ3v) is 6.84. The van der Waals surface area contributed by atoms with E-state index in [-0.39, 0.29) is 45.5 Å². The Kier molecular flexibility index (Phi) is 7.31. The molecule has 0 aliphatic heterocycles. The van der Waals surface area contributed by atoms with Gasteiger partial charge in [-0.3, -0.25) is 14.9 Å². The van der Waals surface area contributed by atoms with Gasteiger partial charge in [0, 0.05) is 22.2 Å². The molecule has 10 nitrogen and oxygen atoms in total. The Morgan fingerprint density at radius 2 is 1.86 bits per heavy atom. The number of hydrogen-bond acceptors (Lipinski definition) is 8. The molecule has 0 fully saturated rings. The molecule has 0 aliphatic rings. The van der Waals surface area contributed by atoms with Crippen LogP contribution in [0, 0.1) is 15.9 Å². The number of benzene rings is 4. The van der Waals surface area contributed by atoms with Gasteiger partial charge in [0.25, 0.3) is 5.56 Å². The molecule has 6 rings (SSSR count). The van der Waals surface area contributed by atoms with Crippen LogP contribution in [0.2, 0.25) is 5.02 Å². The summed E-state index contributed by atoms with van der Waals surface area (Å²) in [7, 11) is 1.53. The SMILES string of the molecule is COc1cccc2oc(-c3nc4ccccc4c(=O)n3N=Cc3cc(Cl)cc([N+](=O)[O-])c3OCc3ccccc3F)cc12.